The molecule has 4 nitrogen and oxygen atoms in total. The number of fused-ring (bicyclic) bond motifs is 1. The minimum absolute atomic E-state index is 0.184. The number of amides is 2. The van der Waals surface area contributed by atoms with Crippen LogP contribution in [-0.2, 0) is 9.59 Å². The molecule has 0 spiro atoms. The van der Waals surface area contributed by atoms with Gasteiger partial charge in [0.05, 0.1) is 10.7 Å². The Balaban J connectivity index is 2.45. The van der Waals surface area contributed by atoms with Gasteiger partial charge in [0.1, 0.15) is 6.04 Å². The van der Waals surface area contributed by atoms with Crippen LogP contribution in [0.25, 0.3) is 0 Å². The number of anilines is 1. The fraction of sp³-hybridized carbons (Fsp3) is 0.467. The quantitative estimate of drug-likeness (QED) is 0.918. The standard InChI is InChI=1S/C15H18Cl2N2O2/c1-8(2)6-7-19-14-11(17)5-4-10(16)12(14)13(15(19)21)18-9(3)20/h4-5,8,13H,6-7H2,1-3H3,(H,18,20). The summed E-state index contributed by atoms with van der Waals surface area (Å²) < 4.78 is 0. The molecule has 1 aromatic rings. The third kappa shape index (κ3) is 3.16. The van der Waals surface area contributed by atoms with Gasteiger partial charge in [0.2, 0.25) is 5.91 Å². The molecular formula is C15H18Cl2N2O2. The number of rotatable bonds is 4. The predicted octanol–water partition coefficient (Wildman–Crippen LogP) is 3.56. The van der Waals surface area contributed by atoms with Gasteiger partial charge in [0.15, 0.2) is 0 Å². The second-order valence-corrected chi connectivity index (χ2v) is 6.41. The van der Waals surface area contributed by atoms with E-state index in [1.807, 2.05) is 0 Å². The molecule has 1 aromatic carbocycles. The van der Waals surface area contributed by atoms with Gasteiger partial charge in [0, 0.05) is 24.1 Å². The van der Waals surface area contributed by atoms with E-state index in [0.717, 1.165) is 6.42 Å². The molecule has 1 atom stereocenters. The number of nitrogens with zero attached hydrogens (tertiary/aromatic N) is 1. The third-order valence-electron chi connectivity index (χ3n) is 3.46. The van der Waals surface area contributed by atoms with E-state index in [4.69, 9.17) is 23.2 Å². The van der Waals surface area contributed by atoms with Gasteiger partial charge >= 0.3 is 0 Å². The molecule has 0 aliphatic carbocycles. The van der Waals surface area contributed by atoms with E-state index in [1.54, 1.807) is 17.0 Å². The Hall–Kier alpha value is -1.26. The Morgan fingerprint density at radius 1 is 1.33 bits per heavy atom. The van der Waals surface area contributed by atoms with Crippen LogP contribution in [0.15, 0.2) is 12.1 Å². The Morgan fingerprint density at radius 3 is 2.52 bits per heavy atom. The topological polar surface area (TPSA) is 49.4 Å². The lowest BCUT2D eigenvalue weighted by molar-refractivity contribution is -0.126. The summed E-state index contributed by atoms with van der Waals surface area (Å²) in [5.41, 5.74) is 1.21. The van der Waals surface area contributed by atoms with E-state index >= 15 is 0 Å². The van der Waals surface area contributed by atoms with E-state index in [9.17, 15) is 9.59 Å². The summed E-state index contributed by atoms with van der Waals surface area (Å²) in [6.45, 7) is 6.11. The number of halogens is 2. The Labute approximate surface area is 134 Å². The maximum absolute atomic E-state index is 12.6. The number of hydrogen-bond donors (Lipinski definition) is 1. The number of benzene rings is 1. The third-order valence-corrected chi connectivity index (χ3v) is 4.10. The molecule has 1 unspecified atom stereocenters. The zero-order valence-electron chi connectivity index (χ0n) is 12.2. The lowest BCUT2D eigenvalue weighted by Gasteiger charge is -2.20. The first kappa shape index (κ1) is 16.1. The summed E-state index contributed by atoms with van der Waals surface area (Å²) in [4.78, 5) is 25.6. The predicted molar refractivity (Wildman–Crippen MR) is 84.8 cm³/mol. The molecule has 0 saturated carbocycles. The Kier molecular flexibility index (Phi) is 4.79. The number of carbonyl (C=O) groups is 2. The van der Waals surface area contributed by atoms with Crippen molar-refractivity contribution < 1.29 is 9.59 Å². The van der Waals surface area contributed by atoms with E-state index in [-0.39, 0.29) is 11.8 Å². The van der Waals surface area contributed by atoms with Crippen molar-refractivity contribution in [2.24, 2.45) is 5.92 Å². The number of carbonyl (C=O) groups excluding carboxylic acids is 2. The highest BCUT2D eigenvalue weighted by Crippen LogP contribution is 2.45. The van der Waals surface area contributed by atoms with Gasteiger partial charge in [0.25, 0.3) is 5.91 Å². The van der Waals surface area contributed by atoms with Crippen LogP contribution in [0.5, 0.6) is 0 Å². The lowest BCUT2D eigenvalue weighted by Crippen LogP contribution is -2.37. The van der Waals surface area contributed by atoms with Crippen molar-refractivity contribution in [3.8, 4) is 0 Å². The molecule has 21 heavy (non-hydrogen) atoms. The maximum atomic E-state index is 12.6. The zero-order chi connectivity index (χ0) is 15.7. The van der Waals surface area contributed by atoms with Crippen molar-refractivity contribution in [2.75, 3.05) is 11.4 Å². The molecule has 0 fully saturated rings. The van der Waals surface area contributed by atoms with Crippen molar-refractivity contribution >= 4 is 40.7 Å². The fourth-order valence-corrected chi connectivity index (χ4v) is 2.97. The monoisotopic (exact) mass is 328 g/mol. The van der Waals surface area contributed by atoms with Crippen LogP contribution in [0, 0.1) is 5.92 Å². The van der Waals surface area contributed by atoms with E-state index in [2.05, 4.69) is 19.2 Å². The highest BCUT2D eigenvalue weighted by molar-refractivity contribution is 6.38. The molecule has 1 aliphatic heterocycles. The molecule has 114 valence electrons. The first-order chi connectivity index (χ1) is 9.82. The first-order valence-electron chi connectivity index (χ1n) is 6.89. The van der Waals surface area contributed by atoms with Crippen LogP contribution >= 0.6 is 23.2 Å². The van der Waals surface area contributed by atoms with Gasteiger partial charge in [-0.15, -0.1) is 0 Å². The Morgan fingerprint density at radius 2 is 1.95 bits per heavy atom. The SMILES string of the molecule is CC(=O)NC1C(=O)N(CCC(C)C)c2c(Cl)ccc(Cl)c21. The molecule has 1 aliphatic rings. The normalized spacial score (nSPS) is 17.3. The van der Waals surface area contributed by atoms with Gasteiger partial charge in [-0.3, -0.25) is 9.59 Å². The molecule has 0 radical (unpaired) electrons. The van der Waals surface area contributed by atoms with Gasteiger partial charge in [-0.1, -0.05) is 37.0 Å². The van der Waals surface area contributed by atoms with Crippen LogP contribution in [-0.4, -0.2) is 18.4 Å². The van der Waals surface area contributed by atoms with Crippen LogP contribution in [0.1, 0.15) is 38.8 Å². The van der Waals surface area contributed by atoms with Gasteiger partial charge in [-0.2, -0.15) is 0 Å². The van der Waals surface area contributed by atoms with Gasteiger partial charge in [-0.25, -0.2) is 0 Å². The van der Waals surface area contributed by atoms with Crippen molar-refractivity contribution in [1.82, 2.24) is 5.32 Å². The molecule has 1 heterocycles. The molecule has 0 saturated heterocycles. The van der Waals surface area contributed by atoms with Crippen LogP contribution in [0.3, 0.4) is 0 Å². The van der Waals surface area contributed by atoms with Crippen LogP contribution in [0.2, 0.25) is 10.0 Å². The minimum atomic E-state index is -0.754. The first-order valence-corrected chi connectivity index (χ1v) is 7.65. The number of nitrogens with one attached hydrogen (secondary N) is 1. The van der Waals surface area contributed by atoms with Crippen LogP contribution < -0.4 is 10.2 Å². The average Bonchev–Trinajstić information content (AvgIpc) is 2.66. The molecule has 2 amide bonds. The van der Waals surface area contributed by atoms with Crippen molar-refractivity contribution in [3.05, 3.63) is 27.7 Å². The van der Waals surface area contributed by atoms with Crippen molar-refractivity contribution in [2.45, 2.75) is 33.2 Å². The van der Waals surface area contributed by atoms with Crippen molar-refractivity contribution in [3.63, 3.8) is 0 Å². The summed E-state index contributed by atoms with van der Waals surface area (Å²) in [7, 11) is 0. The molecule has 0 bridgehead atoms. The minimum Gasteiger partial charge on any atom is -0.341 e. The summed E-state index contributed by atoms with van der Waals surface area (Å²) in [5.74, 6) is -0.00377. The summed E-state index contributed by atoms with van der Waals surface area (Å²) in [6.07, 6.45) is 0.848. The lowest BCUT2D eigenvalue weighted by atomic mass is 10.1. The molecule has 1 N–H and O–H groups in total. The van der Waals surface area contributed by atoms with Gasteiger partial charge in [-0.05, 0) is 24.5 Å². The molecule has 6 heteroatoms. The van der Waals surface area contributed by atoms with E-state index in [1.165, 1.54) is 6.92 Å². The molecule has 0 aromatic heterocycles. The van der Waals surface area contributed by atoms with Gasteiger partial charge < -0.3 is 10.2 Å². The smallest absolute Gasteiger partial charge is 0.254 e. The van der Waals surface area contributed by atoms with E-state index < -0.39 is 6.04 Å². The fourth-order valence-electron chi connectivity index (χ4n) is 2.44. The van der Waals surface area contributed by atoms with E-state index in [0.29, 0.717) is 33.8 Å². The van der Waals surface area contributed by atoms with Crippen LogP contribution in [0.4, 0.5) is 5.69 Å². The average molecular weight is 329 g/mol. The highest BCUT2D eigenvalue weighted by atomic mass is 35.5. The molecule has 2 rings (SSSR count). The summed E-state index contributed by atoms with van der Waals surface area (Å²) in [6, 6.07) is 2.57. The Bertz CT molecular complexity index is 587. The second kappa shape index (κ2) is 6.24. The summed E-state index contributed by atoms with van der Waals surface area (Å²) >= 11 is 12.5. The number of hydrogen-bond acceptors (Lipinski definition) is 2. The van der Waals surface area contributed by atoms with Crippen molar-refractivity contribution in [1.29, 1.82) is 0 Å². The largest absolute Gasteiger partial charge is 0.341 e. The second-order valence-electron chi connectivity index (χ2n) is 5.60. The zero-order valence-corrected chi connectivity index (χ0v) is 13.8. The highest BCUT2D eigenvalue weighted by Gasteiger charge is 2.40. The maximum Gasteiger partial charge on any atom is 0.254 e. The summed E-state index contributed by atoms with van der Waals surface area (Å²) in [5, 5.41) is 3.57. The molecular weight excluding hydrogens is 311 g/mol.